The fourth-order valence-corrected chi connectivity index (χ4v) is 6.89. The molecule has 3 aromatic carbocycles. The van der Waals surface area contributed by atoms with Gasteiger partial charge in [-0.3, -0.25) is 19.4 Å². The lowest BCUT2D eigenvalue weighted by Gasteiger charge is -2.27. The average molecular weight is 530 g/mol. The number of nitrogens with zero attached hydrogens (tertiary/aromatic N) is 2. The van der Waals surface area contributed by atoms with E-state index in [1.165, 1.54) is 0 Å². The highest BCUT2D eigenvalue weighted by atomic mass is 35.5. The van der Waals surface area contributed by atoms with Crippen LogP contribution < -0.4 is 9.80 Å². The smallest absolute Gasteiger partial charge is 0.238 e. The summed E-state index contributed by atoms with van der Waals surface area (Å²) in [6.07, 6.45) is 0. The van der Waals surface area contributed by atoms with Crippen LogP contribution in [0.4, 0.5) is 11.4 Å². The molecule has 0 N–H and O–H groups in total. The van der Waals surface area contributed by atoms with Gasteiger partial charge in [-0.2, -0.15) is 0 Å². The monoisotopic (exact) mass is 528 g/mol. The summed E-state index contributed by atoms with van der Waals surface area (Å²) >= 11 is 15.9. The second-order valence-corrected chi connectivity index (χ2v) is 11.3. The number of carbonyl (C=O) groups is 2. The fourth-order valence-electron chi connectivity index (χ4n) is 4.19. The van der Waals surface area contributed by atoms with Gasteiger partial charge in [0.25, 0.3) is 0 Å². The molecule has 2 amide bonds. The van der Waals surface area contributed by atoms with Crippen molar-refractivity contribution < 1.29 is 9.59 Å². The molecule has 2 aliphatic heterocycles. The molecule has 0 spiro atoms. The minimum absolute atomic E-state index is 0.0679. The third-order valence-electron chi connectivity index (χ3n) is 6.11. The Labute approximate surface area is 217 Å². The predicted octanol–water partition coefficient (Wildman–Crippen LogP) is 7.17. The van der Waals surface area contributed by atoms with Crippen LogP contribution in [-0.4, -0.2) is 23.3 Å². The van der Waals surface area contributed by atoms with E-state index >= 15 is 0 Å². The second kappa shape index (κ2) is 9.50. The third kappa shape index (κ3) is 4.33. The Morgan fingerprint density at radius 1 is 0.676 bits per heavy atom. The summed E-state index contributed by atoms with van der Waals surface area (Å²) in [6.45, 7) is 3.89. The van der Waals surface area contributed by atoms with E-state index in [2.05, 4.69) is 24.3 Å². The van der Waals surface area contributed by atoms with Gasteiger partial charge in [-0.15, -0.1) is 23.5 Å². The number of anilines is 2. The van der Waals surface area contributed by atoms with Crippen molar-refractivity contribution in [3.63, 3.8) is 0 Å². The lowest BCUT2D eigenvalue weighted by Crippen LogP contribution is -2.28. The molecular formula is C26H22Cl2N2O2S2. The molecule has 8 heteroatoms. The van der Waals surface area contributed by atoms with E-state index in [-0.39, 0.29) is 22.6 Å². The van der Waals surface area contributed by atoms with E-state index in [1.54, 1.807) is 23.5 Å². The van der Waals surface area contributed by atoms with Crippen molar-refractivity contribution in [2.45, 2.75) is 24.6 Å². The molecule has 0 aliphatic carbocycles. The molecule has 0 aromatic heterocycles. The van der Waals surface area contributed by atoms with Gasteiger partial charge in [0.1, 0.15) is 10.7 Å². The Balaban J connectivity index is 1.42. The number of hydrogen-bond donors (Lipinski definition) is 0. The summed E-state index contributed by atoms with van der Waals surface area (Å²) < 4.78 is 0. The zero-order chi connectivity index (χ0) is 24.0. The van der Waals surface area contributed by atoms with E-state index in [9.17, 15) is 9.59 Å². The van der Waals surface area contributed by atoms with E-state index in [0.29, 0.717) is 21.6 Å². The molecule has 2 saturated heterocycles. The first kappa shape index (κ1) is 23.6. The number of benzene rings is 3. The molecule has 0 radical (unpaired) electrons. The Morgan fingerprint density at radius 2 is 1.06 bits per heavy atom. The molecule has 2 atom stereocenters. The van der Waals surface area contributed by atoms with Gasteiger partial charge in [-0.25, -0.2) is 0 Å². The highest BCUT2D eigenvalue weighted by Crippen LogP contribution is 2.45. The Morgan fingerprint density at radius 3 is 1.41 bits per heavy atom. The summed E-state index contributed by atoms with van der Waals surface area (Å²) in [6, 6.07) is 19.7. The van der Waals surface area contributed by atoms with E-state index < -0.39 is 0 Å². The standard InChI is InChI=1S/C26H22Cl2N2O2S2/c1-15-3-9-19(11-21(15)27)29-23(31)13-33-25(29)17-5-7-18(8-6-17)26-30(24(32)14-34-26)20-10-4-16(2)22(28)12-20/h3-12,25-26H,13-14H2,1-2H3/t25-,26-/m1/s1. The Bertz CT molecular complexity index is 1180. The number of amides is 2. The molecule has 3 aromatic rings. The molecule has 2 heterocycles. The molecule has 34 heavy (non-hydrogen) atoms. The van der Waals surface area contributed by atoms with Crippen molar-refractivity contribution in [1.29, 1.82) is 0 Å². The normalized spacial score (nSPS) is 20.5. The minimum atomic E-state index is -0.120. The molecule has 174 valence electrons. The van der Waals surface area contributed by atoms with Crippen molar-refractivity contribution >= 4 is 69.9 Å². The van der Waals surface area contributed by atoms with Crippen LogP contribution in [0.25, 0.3) is 0 Å². The van der Waals surface area contributed by atoms with Gasteiger partial charge >= 0.3 is 0 Å². The maximum absolute atomic E-state index is 12.7. The van der Waals surface area contributed by atoms with Crippen LogP contribution in [0.3, 0.4) is 0 Å². The zero-order valence-corrected chi connectivity index (χ0v) is 21.8. The van der Waals surface area contributed by atoms with Gasteiger partial charge in [0.05, 0.1) is 11.5 Å². The molecule has 2 fully saturated rings. The number of rotatable bonds is 4. The topological polar surface area (TPSA) is 40.6 Å². The first-order valence-corrected chi connectivity index (χ1v) is 13.7. The van der Waals surface area contributed by atoms with Crippen molar-refractivity contribution in [3.8, 4) is 0 Å². The van der Waals surface area contributed by atoms with Crippen LogP contribution in [0.5, 0.6) is 0 Å². The maximum atomic E-state index is 12.7. The third-order valence-corrected chi connectivity index (χ3v) is 9.35. The quantitative estimate of drug-likeness (QED) is 0.359. The summed E-state index contributed by atoms with van der Waals surface area (Å²) in [5.74, 6) is 0.983. The summed E-state index contributed by atoms with van der Waals surface area (Å²) in [4.78, 5) is 29.1. The number of halogens is 2. The molecular weight excluding hydrogens is 507 g/mol. The predicted molar refractivity (Wildman–Crippen MR) is 144 cm³/mol. The number of aryl methyl sites for hydroxylation is 2. The summed E-state index contributed by atoms with van der Waals surface area (Å²) in [5, 5.41) is 1.06. The van der Waals surface area contributed by atoms with Gasteiger partial charge < -0.3 is 0 Å². The molecule has 4 nitrogen and oxygen atoms in total. The average Bonchev–Trinajstić information content (AvgIpc) is 3.40. The van der Waals surface area contributed by atoms with E-state index in [4.69, 9.17) is 23.2 Å². The Kier molecular flexibility index (Phi) is 6.60. The zero-order valence-electron chi connectivity index (χ0n) is 18.6. The maximum Gasteiger partial charge on any atom is 0.238 e. The van der Waals surface area contributed by atoms with Gasteiger partial charge in [-0.1, -0.05) is 59.6 Å². The second-order valence-electron chi connectivity index (χ2n) is 8.39. The van der Waals surface area contributed by atoms with Gasteiger partial charge in [0.15, 0.2) is 0 Å². The summed E-state index contributed by atoms with van der Waals surface area (Å²) in [7, 11) is 0. The van der Waals surface area contributed by atoms with Crippen LogP contribution in [0.2, 0.25) is 10.0 Å². The van der Waals surface area contributed by atoms with Gasteiger partial charge in [0, 0.05) is 21.4 Å². The fraction of sp³-hybridized carbons (Fsp3) is 0.231. The largest absolute Gasteiger partial charge is 0.295 e. The van der Waals surface area contributed by atoms with Gasteiger partial charge in [-0.05, 0) is 60.4 Å². The van der Waals surface area contributed by atoms with Crippen LogP contribution in [-0.2, 0) is 9.59 Å². The highest BCUT2D eigenvalue weighted by molar-refractivity contribution is 8.01. The van der Waals surface area contributed by atoms with Crippen molar-refractivity contribution in [2.24, 2.45) is 0 Å². The molecule has 0 bridgehead atoms. The van der Waals surface area contributed by atoms with Gasteiger partial charge in [0.2, 0.25) is 11.8 Å². The van der Waals surface area contributed by atoms with E-state index in [1.807, 2.05) is 60.0 Å². The summed E-state index contributed by atoms with van der Waals surface area (Å²) in [5.41, 5.74) is 5.64. The van der Waals surface area contributed by atoms with Crippen LogP contribution in [0.15, 0.2) is 60.7 Å². The number of hydrogen-bond acceptors (Lipinski definition) is 4. The first-order valence-electron chi connectivity index (χ1n) is 10.8. The number of carbonyl (C=O) groups excluding carboxylic acids is 2. The van der Waals surface area contributed by atoms with Crippen molar-refractivity contribution in [3.05, 3.63) is 93.0 Å². The minimum Gasteiger partial charge on any atom is -0.295 e. The van der Waals surface area contributed by atoms with Crippen LogP contribution in [0.1, 0.15) is 33.0 Å². The van der Waals surface area contributed by atoms with Crippen LogP contribution >= 0.6 is 46.7 Å². The van der Waals surface area contributed by atoms with Crippen LogP contribution in [0, 0.1) is 13.8 Å². The Hall–Kier alpha value is -2.12. The van der Waals surface area contributed by atoms with Crippen molar-refractivity contribution in [1.82, 2.24) is 0 Å². The lowest BCUT2D eigenvalue weighted by molar-refractivity contribution is -0.116. The highest BCUT2D eigenvalue weighted by Gasteiger charge is 2.36. The van der Waals surface area contributed by atoms with E-state index in [0.717, 1.165) is 33.6 Å². The SMILES string of the molecule is Cc1ccc(N2C(=O)CS[C@@H]2c2ccc([C@H]3SCC(=O)N3c3ccc(C)c(Cl)c3)cc2)cc1Cl. The molecule has 0 saturated carbocycles. The molecule has 2 aliphatic rings. The lowest BCUT2D eigenvalue weighted by atomic mass is 10.1. The first-order chi connectivity index (χ1) is 16.3. The van der Waals surface area contributed by atoms with Crippen molar-refractivity contribution in [2.75, 3.05) is 21.3 Å². The number of thioether (sulfide) groups is 2. The molecule has 0 unspecified atom stereocenters. The molecule has 5 rings (SSSR count).